The van der Waals surface area contributed by atoms with Gasteiger partial charge < -0.3 is 15.7 Å². The van der Waals surface area contributed by atoms with E-state index in [0.717, 1.165) is 0 Å². The van der Waals surface area contributed by atoms with E-state index in [1.807, 2.05) is 0 Å². The number of sulfonamides is 1. The van der Waals surface area contributed by atoms with Crippen LogP contribution in [0, 0.1) is 5.92 Å². The molecule has 0 saturated carbocycles. The number of hydrogen-bond donors (Lipinski definition) is 3. The van der Waals surface area contributed by atoms with Crippen molar-refractivity contribution >= 4 is 27.8 Å². The molecule has 0 radical (unpaired) electrons. The van der Waals surface area contributed by atoms with Crippen LogP contribution in [-0.4, -0.2) is 61.8 Å². The van der Waals surface area contributed by atoms with Crippen molar-refractivity contribution < 1.29 is 27.9 Å². The van der Waals surface area contributed by atoms with Gasteiger partial charge in [0, 0.05) is 39.0 Å². The van der Waals surface area contributed by atoms with E-state index in [0.29, 0.717) is 25.9 Å². The number of benzene rings is 1. The van der Waals surface area contributed by atoms with Crippen LogP contribution in [0.2, 0.25) is 0 Å². The first-order valence-electron chi connectivity index (χ1n) is 8.57. The summed E-state index contributed by atoms with van der Waals surface area (Å²) in [5, 5.41) is 14.2. The Morgan fingerprint density at radius 3 is 2.15 bits per heavy atom. The van der Waals surface area contributed by atoms with Crippen molar-refractivity contribution in [1.29, 1.82) is 0 Å². The summed E-state index contributed by atoms with van der Waals surface area (Å²) in [5.74, 6) is -1.71. The van der Waals surface area contributed by atoms with Gasteiger partial charge in [0.2, 0.25) is 21.8 Å². The molecule has 1 aromatic carbocycles. The fourth-order valence-corrected chi connectivity index (χ4v) is 4.32. The molecule has 1 aromatic rings. The second-order valence-corrected chi connectivity index (χ2v) is 8.22. The Balaban J connectivity index is 1.89. The molecule has 0 unspecified atom stereocenters. The number of aromatic carboxylic acids is 1. The number of carbonyl (C=O) groups excluding carboxylic acids is 2. The van der Waals surface area contributed by atoms with Crippen molar-refractivity contribution in [3.63, 3.8) is 0 Å². The van der Waals surface area contributed by atoms with Crippen molar-refractivity contribution in [3.05, 3.63) is 29.8 Å². The minimum absolute atomic E-state index is 0.0172. The van der Waals surface area contributed by atoms with E-state index in [9.17, 15) is 22.8 Å². The topological polar surface area (TPSA) is 133 Å². The first-order chi connectivity index (χ1) is 12.7. The van der Waals surface area contributed by atoms with Gasteiger partial charge in [-0.2, -0.15) is 4.31 Å². The molecular formula is C17H23N3O6S. The van der Waals surface area contributed by atoms with E-state index < -0.39 is 16.0 Å². The molecule has 2 rings (SSSR count). The molecule has 0 spiro atoms. The molecule has 148 valence electrons. The zero-order chi connectivity index (χ0) is 20.0. The van der Waals surface area contributed by atoms with Crippen LogP contribution in [0.5, 0.6) is 0 Å². The van der Waals surface area contributed by atoms with Crippen molar-refractivity contribution in [1.82, 2.24) is 14.9 Å². The summed E-state index contributed by atoms with van der Waals surface area (Å²) >= 11 is 0. The maximum atomic E-state index is 12.7. The molecule has 1 saturated heterocycles. The van der Waals surface area contributed by atoms with Gasteiger partial charge in [-0.1, -0.05) is 0 Å². The van der Waals surface area contributed by atoms with Gasteiger partial charge in [0.1, 0.15) is 0 Å². The van der Waals surface area contributed by atoms with Crippen molar-refractivity contribution in [3.8, 4) is 0 Å². The lowest BCUT2D eigenvalue weighted by Crippen LogP contribution is -2.44. The molecule has 1 aliphatic rings. The first-order valence-corrected chi connectivity index (χ1v) is 10.0. The lowest BCUT2D eigenvalue weighted by atomic mass is 9.97. The Labute approximate surface area is 157 Å². The molecule has 10 heteroatoms. The lowest BCUT2D eigenvalue weighted by molar-refractivity contribution is -0.126. The molecule has 1 heterocycles. The molecule has 0 aromatic heterocycles. The van der Waals surface area contributed by atoms with Crippen molar-refractivity contribution in [2.24, 2.45) is 5.92 Å². The average molecular weight is 397 g/mol. The van der Waals surface area contributed by atoms with Crippen LogP contribution in [0.25, 0.3) is 0 Å². The number of carbonyl (C=O) groups is 3. The molecule has 9 nitrogen and oxygen atoms in total. The Hall–Kier alpha value is -2.46. The summed E-state index contributed by atoms with van der Waals surface area (Å²) in [4.78, 5) is 33.8. The number of hydrogen-bond acceptors (Lipinski definition) is 5. The smallest absolute Gasteiger partial charge is 0.335 e. The summed E-state index contributed by atoms with van der Waals surface area (Å²) in [7, 11) is -3.72. The Morgan fingerprint density at radius 1 is 1.07 bits per heavy atom. The minimum Gasteiger partial charge on any atom is -0.478 e. The highest BCUT2D eigenvalue weighted by molar-refractivity contribution is 7.89. The molecule has 27 heavy (non-hydrogen) atoms. The van der Waals surface area contributed by atoms with E-state index >= 15 is 0 Å². The number of nitrogens with zero attached hydrogens (tertiary/aromatic N) is 1. The van der Waals surface area contributed by atoms with Gasteiger partial charge in [0.05, 0.1) is 10.5 Å². The summed E-state index contributed by atoms with van der Waals surface area (Å²) in [6.07, 6.45) is 0.802. The van der Waals surface area contributed by atoms with E-state index in [1.165, 1.54) is 35.5 Å². The summed E-state index contributed by atoms with van der Waals surface area (Å²) in [6, 6.07) is 5.06. The third-order valence-corrected chi connectivity index (χ3v) is 6.27. The van der Waals surface area contributed by atoms with Gasteiger partial charge >= 0.3 is 5.97 Å². The Morgan fingerprint density at radius 2 is 1.63 bits per heavy atom. The molecule has 0 aliphatic carbocycles. The van der Waals surface area contributed by atoms with Gasteiger partial charge in [0.25, 0.3) is 0 Å². The van der Waals surface area contributed by atoms with Crippen LogP contribution in [0.15, 0.2) is 29.2 Å². The fraction of sp³-hybridized carbons (Fsp3) is 0.471. The standard InChI is InChI=1S/C17H23N3O6S/c1-12(21)18-8-9-19-16(22)13-6-10-20(11-7-13)27(25,26)15-4-2-14(3-5-15)17(23)24/h2-5,13H,6-11H2,1H3,(H,18,21)(H,19,22)(H,23,24). The highest BCUT2D eigenvalue weighted by atomic mass is 32.2. The highest BCUT2D eigenvalue weighted by Gasteiger charge is 2.32. The Bertz CT molecular complexity index is 798. The number of piperidine rings is 1. The van der Waals surface area contributed by atoms with Crippen LogP contribution in [-0.2, 0) is 19.6 Å². The van der Waals surface area contributed by atoms with E-state index in [1.54, 1.807) is 0 Å². The summed E-state index contributed by atoms with van der Waals surface area (Å²) in [6.45, 7) is 2.50. The SMILES string of the molecule is CC(=O)NCCNC(=O)C1CCN(S(=O)(=O)c2ccc(C(=O)O)cc2)CC1. The largest absolute Gasteiger partial charge is 0.478 e. The molecule has 1 aliphatic heterocycles. The zero-order valence-corrected chi connectivity index (χ0v) is 15.8. The van der Waals surface area contributed by atoms with Crippen LogP contribution < -0.4 is 10.6 Å². The van der Waals surface area contributed by atoms with E-state index in [4.69, 9.17) is 5.11 Å². The summed E-state index contributed by atoms with van der Waals surface area (Å²) in [5.41, 5.74) is 0.0172. The predicted octanol–water partition coefficient (Wildman–Crippen LogP) is 0.0378. The van der Waals surface area contributed by atoms with Gasteiger partial charge in [-0.15, -0.1) is 0 Å². The zero-order valence-electron chi connectivity index (χ0n) is 15.0. The quantitative estimate of drug-likeness (QED) is 0.556. The van der Waals surface area contributed by atoms with Crippen LogP contribution >= 0.6 is 0 Å². The fourth-order valence-electron chi connectivity index (χ4n) is 2.85. The van der Waals surface area contributed by atoms with Crippen molar-refractivity contribution in [2.75, 3.05) is 26.2 Å². The summed E-state index contributed by atoms with van der Waals surface area (Å²) < 4.78 is 26.6. The lowest BCUT2D eigenvalue weighted by Gasteiger charge is -2.30. The molecule has 2 amide bonds. The van der Waals surface area contributed by atoms with Gasteiger partial charge in [0.15, 0.2) is 0 Å². The molecular weight excluding hydrogens is 374 g/mol. The van der Waals surface area contributed by atoms with E-state index in [2.05, 4.69) is 10.6 Å². The molecule has 1 fully saturated rings. The average Bonchev–Trinajstić information content (AvgIpc) is 2.65. The van der Waals surface area contributed by atoms with Crippen LogP contribution in [0.3, 0.4) is 0 Å². The van der Waals surface area contributed by atoms with Gasteiger partial charge in [-0.25, -0.2) is 13.2 Å². The molecule has 0 atom stereocenters. The maximum Gasteiger partial charge on any atom is 0.335 e. The van der Waals surface area contributed by atoms with Crippen LogP contribution in [0.4, 0.5) is 0 Å². The van der Waals surface area contributed by atoms with E-state index in [-0.39, 0.29) is 41.3 Å². The number of carboxylic acids is 1. The molecule has 3 N–H and O–H groups in total. The number of nitrogens with one attached hydrogen (secondary N) is 2. The number of carboxylic acid groups (broad SMARTS) is 1. The highest BCUT2D eigenvalue weighted by Crippen LogP contribution is 2.24. The van der Waals surface area contributed by atoms with Crippen LogP contribution in [0.1, 0.15) is 30.1 Å². The maximum absolute atomic E-state index is 12.7. The number of rotatable bonds is 7. The third kappa shape index (κ3) is 5.51. The predicted molar refractivity (Wildman–Crippen MR) is 96.6 cm³/mol. The monoisotopic (exact) mass is 397 g/mol. The first kappa shape index (κ1) is 20.8. The second kappa shape index (κ2) is 8.96. The second-order valence-electron chi connectivity index (χ2n) is 6.28. The Kier molecular flexibility index (Phi) is 6.92. The van der Waals surface area contributed by atoms with Gasteiger partial charge in [-0.05, 0) is 37.1 Å². The van der Waals surface area contributed by atoms with Crippen molar-refractivity contribution in [2.45, 2.75) is 24.7 Å². The normalized spacial score (nSPS) is 15.9. The number of amides is 2. The minimum atomic E-state index is -3.72. The molecule has 0 bridgehead atoms. The van der Waals surface area contributed by atoms with Gasteiger partial charge in [-0.3, -0.25) is 9.59 Å². The third-order valence-electron chi connectivity index (χ3n) is 4.36.